The van der Waals surface area contributed by atoms with E-state index in [0.29, 0.717) is 12.4 Å². The van der Waals surface area contributed by atoms with Gasteiger partial charge in [0.25, 0.3) is 0 Å². The second-order valence-electron chi connectivity index (χ2n) is 2.63. The van der Waals surface area contributed by atoms with Gasteiger partial charge in [-0.05, 0) is 6.92 Å². The van der Waals surface area contributed by atoms with Crippen LogP contribution in [0.25, 0.3) is 0 Å². The largest absolute Gasteiger partial charge is 0.388 e. The number of aromatic nitrogens is 3. The Morgan fingerprint density at radius 2 is 2.50 bits per heavy atom. The molecule has 0 fully saturated rings. The zero-order valence-electron chi connectivity index (χ0n) is 7.36. The molecule has 2 N–H and O–H groups in total. The smallest absolute Gasteiger partial charge is 0.134 e. The van der Waals surface area contributed by atoms with Crippen LogP contribution in [0.1, 0.15) is 12.7 Å². The predicted molar refractivity (Wildman–Crippen MR) is 46.9 cm³/mol. The van der Waals surface area contributed by atoms with E-state index in [0.717, 1.165) is 12.2 Å². The molecule has 66 valence electrons. The van der Waals surface area contributed by atoms with Crippen LogP contribution in [-0.4, -0.2) is 27.1 Å². The van der Waals surface area contributed by atoms with Crippen LogP contribution in [0, 0.1) is 0 Å². The minimum atomic E-state index is 0.608. The Morgan fingerprint density at radius 1 is 1.75 bits per heavy atom. The number of aryl methyl sites for hydroxylation is 1. The summed E-state index contributed by atoms with van der Waals surface area (Å²) in [6, 6.07) is 0. The van der Waals surface area contributed by atoms with Crippen LogP contribution in [0.4, 0.5) is 0 Å². The van der Waals surface area contributed by atoms with Crippen molar-refractivity contribution < 1.29 is 0 Å². The van der Waals surface area contributed by atoms with Crippen molar-refractivity contribution in [3.05, 3.63) is 12.2 Å². The fraction of sp³-hybridized carbons (Fsp3) is 0.571. The number of amidine groups is 1. The topological polar surface area (TPSA) is 69.1 Å². The lowest BCUT2D eigenvalue weighted by molar-refractivity contribution is 0.776. The molecule has 0 unspecified atom stereocenters. The van der Waals surface area contributed by atoms with Gasteiger partial charge in [-0.1, -0.05) is 0 Å². The molecule has 1 aromatic heterocycles. The van der Waals surface area contributed by atoms with Crippen LogP contribution >= 0.6 is 0 Å². The van der Waals surface area contributed by atoms with Crippen molar-refractivity contribution in [1.82, 2.24) is 14.8 Å². The molecule has 0 aliphatic carbocycles. The third kappa shape index (κ3) is 2.34. The van der Waals surface area contributed by atoms with Gasteiger partial charge in [-0.25, -0.2) is 0 Å². The van der Waals surface area contributed by atoms with Crippen molar-refractivity contribution in [3.63, 3.8) is 0 Å². The third-order valence-electron chi connectivity index (χ3n) is 1.50. The summed E-state index contributed by atoms with van der Waals surface area (Å²) in [6.07, 6.45) is 2.46. The molecule has 1 heterocycles. The molecule has 12 heavy (non-hydrogen) atoms. The molecule has 1 aromatic rings. The van der Waals surface area contributed by atoms with Gasteiger partial charge in [-0.15, -0.1) is 10.2 Å². The summed E-state index contributed by atoms with van der Waals surface area (Å²) in [4.78, 5) is 4.05. The molecule has 0 amide bonds. The van der Waals surface area contributed by atoms with Crippen LogP contribution in [0.5, 0.6) is 0 Å². The maximum atomic E-state index is 5.38. The highest BCUT2D eigenvalue weighted by Crippen LogP contribution is 1.92. The van der Waals surface area contributed by atoms with E-state index in [2.05, 4.69) is 15.2 Å². The van der Waals surface area contributed by atoms with E-state index >= 15 is 0 Å². The van der Waals surface area contributed by atoms with E-state index in [1.54, 1.807) is 13.3 Å². The molecule has 5 nitrogen and oxygen atoms in total. The highest BCUT2D eigenvalue weighted by atomic mass is 15.2. The molecule has 0 aromatic carbocycles. The molecule has 0 saturated carbocycles. The molecule has 0 aliphatic heterocycles. The van der Waals surface area contributed by atoms with Crippen molar-refractivity contribution in [2.75, 3.05) is 6.54 Å². The molecule has 0 bridgehead atoms. The summed E-state index contributed by atoms with van der Waals surface area (Å²) >= 11 is 0. The Balaban J connectivity index is 2.44. The SMILES string of the molecule is CC(N)=NCCc1nncn1C. The summed E-state index contributed by atoms with van der Waals surface area (Å²) in [6.45, 7) is 2.45. The lowest BCUT2D eigenvalue weighted by Gasteiger charge is -1.96. The van der Waals surface area contributed by atoms with Gasteiger partial charge in [0.2, 0.25) is 0 Å². The summed E-state index contributed by atoms with van der Waals surface area (Å²) in [5.41, 5.74) is 5.38. The number of aliphatic imine (C=N–C) groups is 1. The predicted octanol–water partition coefficient (Wildman–Crippen LogP) is -0.265. The maximum absolute atomic E-state index is 5.38. The van der Waals surface area contributed by atoms with Gasteiger partial charge < -0.3 is 10.3 Å². The van der Waals surface area contributed by atoms with E-state index < -0.39 is 0 Å². The summed E-state index contributed by atoms with van der Waals surface area (Å²) in [5.74, 6) is 1.54. The van der Waals surface area contributed by atoms with Gasteiger partial charge in [-0.2, -0.15) is 0 Å². The zero-order valence-corrected chi connectivity index (χ0v) is 7.36. The molecule has 0 spiro atoms. The molecule has 1 rings (SSSR count). The molecular weight excluding hydrogens is 154 g/mol. The number of rotatable bonds is 3. The molecular formula is C7H13N5. The average molecular weight is 167 g/mol. The number of nitrogens with two attached hydrogens (primary N) is 1. The monoisotopic (exact) mass is 167 g/mol. The Hall–Kier alpha value is -1.39. The highest BCUT2D eigenvalue weighted by Gasteiger charge is 1.97. The normalized spacial score (nSPS) is 12.0. The van der Waals surface area contributed by atoms with Crippen molar-refractivity contribution in [2.45, 2.75) is 13.3 Å². The van der Waals surface area contributed by atoms with Crippen LogP contribution in [0.2, 0.25) is 0 Å². The lowest BCUT2D eigenvalue weighted by Crippen LogP contribution is -2.08. The van der Waals surface area contributed by atoms with E-state index in [4.69, 9.17) is 5.73 Å². The first-order chi connectivity index (χ1) is 5.70. The Labute approximate surface area is 71.3 Å². The Bertz CT molecular complexity index is 271. The highest BCUT2D eigenvalue weighted by molar-refractivity contribution is 5.77. The lowest BCUT2D eigenvalue weighted by atomic mass is 10.4. The van der Waals surface area contributed by atoms with E-state index in [1.807, 2.05) is 11.6 Å². The van der Waals surface area contributed by atoms with Crippen molar-refractivity contribution in [3.8, 4) is 0 Å². The third-order valence-corrected chi connectivity index (χ3v) is 1.50. The Kier molecular flexibility index (Phi) is 2.79. The van der Waals surface area contributed by atoms with Crippen molar-refractivity contribution in [2.24, 2.45) is 17.8 Å². The quantitative estimate of drug-likeness (QED) is 0.498. The number of hydrogen-bond acceptors (Lipinski definition) is 3. The van der Waals surface area contributed by atoms with Gasteiger partial charge >= 0.3 is 0 Å². The summed E-state index contributed by atoms with van der Waals surface area (Å²) < 4.78 is 1.88. The first kappa shape index (κ1) is 8.70. The van der Waals surface area contributed by atoms with Crippen molar-refractivity contribution >= 4 is 5.84 Å². The molecule has 0 atom stereocenters. The molecule has 0 radical (unpaired) electrons. The van der Waals surface area contributed by atoms with E-state index in [-0.39, 0.29) is 0 Å². The van der Waals surface area contributed by atoms with Gasteiger partial charge in [0.05, 0.1) is 5.84 Å². The molecule has 5 heteroatoms. The maximum Gasteiger partial charge on any atom is 0.134 e. The fourth-order valence-electron chi connectivity index (χ4n) is 0.866. The van der Waals surface area contributed by atoms with Crippen LogP contribution in [0.3, 0.4) is 0 Å². The van der Waals surface area contributed by atoms with Gasteiger partial charge in [0.15, 0.2) is 0 Å². The fourth-order valence-corrected chi connectivity index (χ4v) is 0.866. The Morgan fingerprint density at radius 3 is 3.00 bits per heavy atom. The first-order valence-electron chi connectivity index (χ1n) is 3.79. The van der Waals surface area contributed by atoms with Crippen LogP contribution in [0.15, 0.2) is 11.3 Å². The molecule has 0 aliphatic rings. The summed E-state index contributed by atoms with van der Waals surface area (Å²) in [7, 11) is 1.91. The van der Waals surface area contributed by atoms with Gasteiger partial charge in [0.1, 0.15) is 12.2 Å². The first-order valence-corrected chi connectivity index (χ1v) is 3.79. The second kappa shape index (κ2) is 3.85. The number of nitrogens with zero attached hydrogens (tertiary/aromatic N) is 4. The minimum absolute atomic E-state index is 0.608. The van der Waals surface area contributed by atoms with Gasteiger partial charge in [0, 0.05) is 20.0 Å². The standard InChI is InChI=1S/C7H13N5/c1-6(8)9-4-3-7-11-10-5-12(7)2/h5H,3-4H2,1-2H3,(H2,8,9). The zero-order chi connectivity index (χ0) is 8.97. The van der Waals surface area contributed by atoms with E-state index in [9.17, 15) is 0 Å². The van der Waals surface area contributed by atoms with Gasteiger partial charge in [-0.3, -0.25) is 4.99 Å². The minimum Gasteiger partial charge on any atom is -0.388 e. The second-order valence-corrected chi connectivity index (χ2v) is 2.63. The van der Waals surface area contributed by atoms with Crippen molar-refractivity contribution in [1.29, 1.82) is 0 Å². The number of hydrogen-bond donors (Lipinski definition) is 1. The molecule has 0 saturated heterocycles. The summed E-state index contributed by atoms with van der Waals surface area (Å²) in [5, 5.41) is 7.67. The van der Waals surface area contributed by atoms with Crippen LogP contribution in [-0.2, 0) is 13.5 Å². The average Bonchev–Trinajstić information content (AvgIpc) is 2.36. The van der Waals surface area contributed by atoms with Crippen LogP contribution < -0.4 is 5.73 Å². The van der Waals surface area contributed by atoms with E-state index in [1.165, 1.54) is 0 Å².